The Morgan fingerprint density at radius 3 is 2.36 bits per heavy atom. The predicted octanol–water partition coefficient (Wildman–Crippen LogP) is 4.96. The van der Waals surface area contributed by atoms with Crippen LogP contribution in [0.4, 0.5) is 0 Å². The van der Waals surface area contributed by atoms with E-state index in [0.29, 0.717) is 24.4 Å². The van der Waals surface area contributed by atoms with Crippen LogP contribution in [0.3, 0.4) is 0 Å². The molecule has 0 saturated heterocycles. The Bertz CT molecular complexity index is 1550. The van der Waals surface area contributed by atoms with Crippen molar-refractivity contribution in [2.24, 2.45) is 0 Å². The summed E-state index contributed by atoms with van der Waals surface area (Å²) in [6.45, 7) is 4.07. The molecule has 0 radical (unpaired) electrons. The Labute approximate surface area is 228 Å². The molecular formula is C31H34N6O2. The van der Waals surface area contributed by atoms with Crippen LogP contribution in [-0.4, -0.2) is 43.7 Å². The molecule has 0 fully saturated rings. The molecule has 0 unspecified atom stereocenters. The second-order valence-corrected chi connectivity index (χ2v) is 9.70. The number of hydrogen-bond acceptors (Lipinski definition) is 6. The SMILES string of the molecule is CC[C@@H](c1nnnn1CCc1ccccc1)N(CCc1ccccc1)Cc1cc2ccc(OC)cc2[nH]c1=O. The molecule has 0 saturated carbocycles. The Kier molecular flexibility index (Phi) is 8.43. The van der Waals surface area contributed by atoms with E-state index in [-0.39, 0.29) is 11.6 Å². The van der Waals surface area contributed by atoms with Crippen molar-refractivity contribution in [3.05, 3.63) is 118 Å². The van der Waals surface area contributed by atoms with Crippen molar-refractivity contribution in [1.29, 1.82) is 0 Å². The largest absolute Gasteiger partial charge is 0.497 e. The summed E-state index contributed by atoms with van der Waals surface area (Å²) in [6.07, 6.45) is 2.50. The summed E-state index contributed by atoms with van der Waals surface area (Å²) >= 11 is 0. The number of methoxy groups -OCH3 is 1. The fraction of sp³-hybridized carbons (Fsp3) is 0.290. The third-order valence-corrected chi connectivity index (χ3v) is 7.17. The summed E-state index contributed by atoms with van der Waals surface area (Å²) in [5.41, 5.74) is 3.87. The monoisotopic (exact) mass is 522 g/mol. The van der Waals surface area contributed by atoms with Gasteiger partial charge >= 0.3 is 0 Å². The second-order valence-electron chi connectivity index (χ2n) is 9.70. The Morgan fingerprint density at radius 2 is 1.67 bits per heavy atom. The van der Waals surface area contributed by atoms with Crippen molar-refractivity contribution in [3.8, 4) is 5.75 Å². The summed E-state index contributed by atoms with van der Waals surface area (Å²) < 4.78 is 7.24. The number of benzene rings is 3. The number of rotatable bonds is 12. The summed E-state index contributed by atoms with van der Waals surface area (Å²) in [7, 11) is 1.62. The molecule has 5 aromatic rings. The number of hydrogen-bond donors (Lipinski definition) is 1. The van der Waals surface area contributed by atoms with E-state index < -0.39 is 0 Å². The molecule has 0 aliphatic rings. The molecule has 0 aliphatic heterocycles. The average molecular weight is 523 g/mol. The maximum atomic E-state index is 13.2. The normalized spacial score (nSPS) is 12.2. The van der Waals surface area contributed by atoms with Crippen LogP contribution >= 0.6 is 0 Å². The standard InChI is InChI=1S/C31H34N6O2/c1-3-29(30-33-34-35-37(30)19-17-24-12-8-5-9-13-24)36(18-16-23-10-6-4-7-11-23)22-26-20-25-14-15-27(39-2)21-28(25)32-31(26)38/h4-15,20-21,29H,3,16-19,22H2,1-2H3,(H,32,38)/t29-/m0/s1. The summed E-state index contributed by atoms with van der Waals surface area (Å²) in [4.78, 5) is 18.6. The number of fused-ring (bicyclic) bond motifs is 1. The lowest BCUT2D eigenvalue weighted by atomic mass is 10.1. The zero-order valence-electron chi connectivity index (χ0n) is 22.5. The maximum absolute atomic E-state index is 13.2. The Hall–Kier alpha value is -4.30. The minimum Gasteiger partial charge on any atom is -0.497 e. The topological polar surface area (TPSA) is 88.9 Å². The van der Waals surface area contributed by atoms with Crippen molar-refractivity contribution in [3.63, 3.8) is 0 Å². The van der Waals surface area contributed by atoms with Gasteiger partial charge in [0.05, 0.1) is 18.7 Å². The molecular weight excluding hydrogens is 488 g/mol. The molecule has 0 bridgehead atoms. The smallest absolute Gasteiger partial charge is 0.252 e. The molecule has 2 heterocycles. The Morgan fingerprint density at radius 1 is 0.949 bits per heavy atom. The van der Waals surface area contributed by atoms with Gasteiger partial charge in [-0.25, -0.2) is 4.68 Å². The van der Waals surface area contributed by atoms with Gasteiger partial charge in [0.1, 0.15) is 5.75 Å². The molecule has 8 nitrogen and oxygen atoms in total. The van der Waals surface area contributed by atoms with Gasteiger partial charge in [0.15, 0.2) is 5.82 Å². The van der Waals surface area contributed by atoms with Gasteiger partial charge in [-0.05, 0) is 64.4 Å². The van der Waals surface area contributed by atoms with E-state index in [0.717, 1.165) is 42.5 Å². The minimum absolute atomic E-state index is 0.0505. The van der Waals surface area contributed by atoms with Gasteiger partial charge in [-0.1, -0.05) is 67.6 Å². The first kappa shape index (κ1) is 26.3. The van der Waals surface area contributed by atoms with Crippen LogP contribution in [0.15, 0.2) is 89.7 Å². The van der Waals surface area contributed by atoms with E-state index in [4.69, 9.17) is 4.74 Å². The van der Waals surface area contributed by atoms with Gasteiger partial charge in [-0.15, -0.1) is 5.10 Å². The molecule has 39 heavy (non-hydrogen) atoms. The van der Waals surface area contributed by atoms with Gasteiger partial charge in [-0.2, -0.15) is 0 Å². The zero-order chi connectivity index (χ0) is 27.0. The van der Waals surface area contributed by atoms with Crippen molar-refractivity contribution < 1.29 is 4.74 Å². The third kappa shape index (κ3) is 6.41. The van der Waals surface area contributed by atoms with Crippen LogP contribution in [-0.2, 0) is 25.9 Å². The number of ether oxygens (including phenoxy) is 1. The highest BCUT2D eigenvalue weighted by molar-refractivity contribution is 5.80. The molecule has 0 amide bonds. The van der Waals surface area contributed by atoms with Crippen molar-refractivity contribution in [1.82, 2.24) is 30.1 Å². The predicted molar refractivity (Wildman–Crippen MR) is 153 cm³/mol. The number of H-pyrrole nitrogens is 1. The van der Waals surface area contributed by atoms with Crippen molar-refractivity contribution in [2.75, 3.05) is 13.7 Å². The summed E-state index contributed by atoms with van der Waals surface area (Å²) in [5, 5.41) is 13.8. The van der Waals surface area contributed by atoms with Gasteiger partial charge in [0.25, 0.3) is 5.56 Å². The van der Waals surface area contributed by atoms with Gasteiger partial charge < -0.3 is 9.72 Å². The first-order valence-corrected chi connectivity index (χ1v) is 13.4. The van der Waals surface area contributed by atoms with Crippen LogP contribution in [0.5, 0.6) is 5.75 Å². The third-order valence-electron chi connectivity index (χ3n) is 7.17. The van der Waals surface area contributed by atoms with Crippen molar-refractivity contribution >= 4 is 10.9 Å². The van der Waals surface area contributed by atoms with E-state index in [9.17, 15) is 4.79 Å². The number of aromatic nitrogens is 5. The molecule has 8 heteroatoms. The number of tetrazole rings is 1. The number of nitrogens with zero attached hydrogens (tertiary/aromatic N) is 5. The average Bonchev–Trinajstić information content (AvgIpc) is 3.44. The first-order chi connectivity index (χ1) is 19.1. The first-order valence-electron chi connectivity index (χ1n) is 13.4. The minimum atomic E-state index is -0.0982. The molecule has 0 spiro atoms. The fourth-order valence-corrected chi connectivity index (χ4v) is 5.04. The lowest BCUT2D eigenvalue weighted by molar-refractivity contribution is 0.171. The molecule has 0 aliphatic carbocycles. The highest BCUT2D eigenvalue weighted by atomic mass is 16.5. The molecule has 1 N–H and O–H groups in total. The van der Waals surface area contributed by atoms with Crippen LogP contribution in [0.1, 0.15) is 41.9 Å². The van der Waals surface area contributed by atoms with E-state index in [1.165, 1.54) is 11.1 Å². The van der Waals surface area contributed by atoms with Gasteiger partial charge in [0, 0.05) is 31.3 Å². The van der Waals surface area contributed by atoms with Gasteiger partial charge in [-0.3, -0.25) is 9.69 Å². The maximum Gasteiger partial charge on any atom is 0.252 e. The quantitative estimate of drug-likeness (QED) is 0.249. The van der Waals surface area contributed by atoms with E-state index in [1.807, 2.05) is 53.2 Å². The fourth-order valence-electron chi connectivity index (χ4n) is 5.04. The molecule has 2 aromatic heterocycles. The van der Waals surface area contributed by atoms with Crippen LogP contribution < -0.4 is 10.3 Å². The molecule has 3 aromatic carbocycles. The highest BCUT2D eigenvalue weighted by Crippen LogP contribution is 2.26. The van der Waals surface area contributed by atoms with Gasteiger partial charge in [0.2, 0.25) is 0 Å². The summed E-state index contributed by atoms with van der Waals surface area (Å²) in [6, 6.07) is 28.4. The number of pyridine rings is 1. The lowest BCUT2D eigenvalue weighted by Gasteiger charge is -2.30. The number of nitrogens with one attached hydrogen (secondary N) is 1. The van der Waals surface area contributed by atoms with E-state index >= 15 is 0 Å². The highest BCUT2D eigenvalue weighted by Gasteiger charge is 2.25. The second kappa shape index (κ2) is 12.5. The van der Waals surface area contributed by atoms with Crippen molar-refractivity contribution in [2.45, 2.75) is 45.3 Å². The summed E-state index contributed by atoms with van der Waals surface area (Å²) in [5.74, 6) is 1.53. The van der Waals surface area contributed by atoms with E-state index in [1.54, 1.807) is 7.11 Å². The molecule has 5 rings (SSSR count). The molecule has 1 atom stereocenters. The number of aryl methyl sites for hydroxylation is 2. The number of aromatic amines is 1. The molecule has 200 valence electrons. The van der Waals surface area contributed by atoms with E-state index in [2.05, 4.69) is 68.7 Å². The zero-order valence-corrected chi connectivity index (χ0v) is 22.5. The Balaban J connectivity index is 1.44. The van der Waals surface area contributed by atoms with Crippen LogP contribution in [0.25, 0.3) is 10.9 Å². The lowest BCUT2D eigenvalue weighted by Crippen LogP contribution is -2.34. The van der Waals surface area contributed by atoms with Crippen LogP contribution in [0, 0.1) is 0 Å². The van der Waals surface area contributed by atoms with Crippen LogP contribution in [0.2, 0.25) is 0 Å².